The molecule has 0 radical (unpaired) electrons. The van der Waals surface area contributed by atoms with Crippen LogP contribution in [-0.4, -0.2) is 59.7 Å². The smallest absolute Gasteiger partial charge is 0.254 e. The number of carbonyl (C=O) groups excluding carboxylic acids is 3. The number of halogens is 1. The van der Waals surface area contributed by atoms with E-state index < -0.39 is 17.8 Å². The lowest BCUT2D eigenvalue weighted by Gasteiger charge is -2.37. The van der Waals surface area contributed by atoms with Crippen LogP contribution in [0.3, 0.4) is 0 Å². The van der Waals surface area contributed by atoms with Crippen LogP contribution in [-0.2, 0) is 4.79 Å². The summed E-state index contributed by atoms with van der Waals surface area (Å²) >= 11 is 0. The number of likely N-dealkylation sites (N-methyl/N-ethyl adjacent to an activating group) is 1. The molecule has 2 aromatic rings. The van der Waals surface area contributed by atoms with Crippen molar-refractivity contribution in [3.05, 3.63) is 71.0 Å². The van der Waals surface area contributed by atoms with Crippen molar-refractivity contribution < 1.29 is 18.8 Å². The lowest BCUT2D eigenvalue weighted by molar-refractivity contribution is -0.134. The van der Waals surface area contributed by atoms with Crippen molar-refractivity contribution >= 4 is 17.7 Å². The number of nitrogens with one attached hydrogen (secondary N) is 1. The average molecular weight is 454 g/mol. The van der Waals surface area contributed by atoms with E-state index in [9.17, 15) is 18.8 Å². The fourth-order valence-corrected chi connectivity index (χ4v) is 4.29. The summed E-state index contributed by atoms with van der Waals surface area (Å²) in [6.07, 6.45) is 1.15. The number of aryl methyl sites for hydroxylation is 1. The van der Waals surface area contributed by atoms with Gasteiger partial charge in [-0.2, -0.15) is 0 Å². The highest BCUT2D eigenvalue weighted by Gasteiger charge is 2.36. The number of amides is 3. The van der Waals surface area contributed by atoms with Crippen molar-refractivity contribution in [1.82, 2.24) is 15.1 Å². The molecule has 33 heavy (non-hydrogen) atoms. The molecule has 1 aliphatic heterocycles. The number of piperidine rings is 1. The predicted molar refractivity (Wildman–Crippen MR) is 125 cm³/mol. The van der Waals surface area contributed by atoms with E-state index in [2.05, 4.69) is 5.32 Å². The average Bonchev–Trinajstić information content (AvgIpc) is 2.83. The summed E-state index contributed by atoms with van der Waals surface area (Å²) < 4.78 is 14.2. The molecular weight excluding hydrogens is 421 g/mol. The van der Waals surface area contributed by atoms with Crippen LogP contribution < -0.4 is 5.32 Å². The van der Waals surface area contributed by atoms with Crippen LogP contribution in [0.5, 0.6) is 0 Å². The first-order chi connectivity index (χ1) is 15.8. The minimum Gasteiger partial charge on any atom is -0.341 e. The second-order valence-corrected chi connectivity index (χ2v) is 8.44. The Hall–Kier alpha value is -3.22. The van der Waals surface area contributed by atoms with Gasteiger partial charge in [-0.05, 0) is 63.8 Å². The van der Waals surface area contributed by atoms with E-state index >= 15 is 0 Å². The highest BCUT2D eigenvalue weighted by atomic mass is 19.1. The number of hydrogen-bond donors (Lipinski definition) is 1. The van der Waals surface area contributed by atoms with Crippen LogP contribution >= 0.6 is 0 Å². The van der Waals surface area contributed by atoms with E-state index in [-0.39, 0.29) is 23.3 Å². The molecule has 3 amide bonds. The quantitative estimate of drug-likeness (QED) is 0.696. The van der Waals surface area contributed by atoms with Gasteiger partial charge in [0.25, 0.3) is 11.8 Å². The topological polar surface area (TPSA) is 69.7 Å². The first-order valence-corrected chi connectivity index (χ1v) is 11.6. The zero-order valence-electron chi connectivity index (χ0n) is 19.5. The molecule has 0 saturated carbocycles. The SMILES string of the molecule is CCN(CC)C(=O)C(NC(=O)c1ccccc1F)C1CCN(C(=O)c2ccc(C)cc2)CC1. The van der Waals surface area contributed by atoms with Gasteiger partial charge in [-0.1, -0.05) is 29.8 Å². The molecule has 0 aliphatic carbocycles. The first-order valence-electron chi connectivity index (χ1n) is 11.6. The largest absolute Gasteiger partial charge is 0.341 e. The fraction of sp³-hybridized carbons (Fsp3) is 0.423. The molecule has 3 rings (SSSR count). The minimum absolute atomic E-state index is 0.0320. The van der Waals surface area contributed by atoms with E-state index in [4.69, 9.17) is 0 Å². The highest BCUT2D eigenvalue weighted by Crippen LogP contribution is 2.24. The van der Waals surface area contributed by atoms with Gasteiger partial charge >= 0.3 is 0 Å². The van der Waals surface area contributed by atoms with Gasteiger partial charge in [0.15, 0.2) is 0 Å². The fourth-order valence-electron chi connectivity index (χ4n) is 4.29. The van der Waals surface area contributed by atoms with Gasteiger partial charge in [0.1, 0.15) is 11.9 Å². The molecule has 0 spiro atoms. The van der Waals surface area contributed by atoms with E-state index in [0.717, 1.165) is 5.56 Å². The molecule has 1 atom stereocenters. The number of nitrogens with zero attached hydrogens (tertiary/aromatic N) is 2. The van der Waals surface area contributed by atoms with E-state index in [0.29, 0.717) is 44.6 Å². The maximum absolute atomic E-state index is 14.2. The lowest BCUT2D eigenvalue weighted by Crippen LogP contribution is -2.54. The number of carbonyl (C=O) groups is 3. The normalized spacial score (nSPS) is 15.1. The summed E-state index contributed by atoms with van der Waals surface area (Å²) in [4.78, 5) is 42.4. The van der Waals surface area contributed by atoms with Crippen LogP contribution in [0.1, 0.15) is 53.0 Å². The molecule has 1 aliphatic rings. The van der Waals surface area contributed by atoms with Crippen molar-refractivity contribution in [3.63, 3.8) is 0 Å². The van der Waals surface area contributed by atoms with Crippen LogP contribution in [0.25, 0.3) is 0 Å². The Kier molecular flexibility index (Phi) is 8.20. The summed E-state index contributed by atoms with van der Waals surface area (Å²) in [6, 6.07) is 12.5. The molecule has 6 nitrogen and oxygen atoms in total. The summed E-state index contributed by atoms with van der Waals surface area (Å²) in [5.41, 5.74) is 1.65. The molecule has 7 heteroatoms. The summed E-state index contributed by atoms with van der Waals surface area (Å²) in [7, 11) is 0. The van der Waals surface area contributed by atoms with Crippen LogP contribution in [0.4, 0.5) is 4.39 Å². The third kappa shape index (κ3) is 5.78. The molecule has 2 aromatic carbocycles. The van der Waals surface area contributed by atoms with E-state index in [1.165, 1.54) is 18.2 Å². The Morgan fingerprint density at radius 1 is 1.03 bits per heavy atom. The lowest BCUT2D eigenvalue weighted by atomic mass is 9.87. The Balaban J connectivity index is 1.73. The van der Waals surface area contributed by atoms with Crippen LogP contribution in [0.15, 0.2) is 48.5 Å². The molecule has 0 aromatic heterocycles. The Morgan fingerprint density at radius 3 is 2.21 bits per heavy atom. The second-order valence-electron chi connectivity index (χ2n) is 8.44. The van der Waals surface area contributed by atoms with Gasteiger partial charge in [0.2, 0.25) is 5.91 Å². The molecule has 1 N–H and O–H groups in total. The number of benzene rings is 2. The predicted octanol–water partition coefficient (Wildman–Crippen LogP) is 3.65. The zero-order chi connectivity index (χ0) is 24.0. The molecule has 1 heterocycles. The summed E-state index contributed by atoms with van der Waals surface area (Å²) in [5.74, 6) is -1.57. The summed E-state index contributed by atoms with van der Waals surface area (Å²) in [5, 5.41) is 2.80. The Bertz CT molecular complexity index is 981. The van der Waals surface area contributed by atoms with Gasteiger partial charge < -0.3 is 15.1 Å². The minimum atomic E-state index is -0.770. The first kappa shape index (κ1) is 24.4. The standard InChI is InChI=1S/C26H32FN3O3/c1-4-29(5-2)26(33)23(28-24(31)21-8-6-7-9-22(21)27)19-14-16-30(17-15-19)25(32)20-12-10-18(3)11-13-20/h6-13,19,23H,4-5,14-17H2,1-3H3,(H,28,31). The number of hydrogen-bond acceptors (Lipinski definition) is 3. The van der Waals surface area contributed by atoms with Gasteiger partial charge in [-0.25, -0.2) is 4.39 Å². The highest BCUT2D eigenvalue weighted by molar-refractivity contribution is 5.98. The van der Waals surface area contributed by atoms with Gasteiger partial charge in [-0.15, -0.1) is 0 Å². The number of likely N-dealkylation sites (tertiary alicyclic amines) is 1. The van der Waals surface area contributed by atoms with Crippen LogP contribution in [0.2, 0.25) is 0 Å². The Labute approximate surface area is 194 Å². The third-order valence-corrected chi connectivity index (χ3v) is 6.34. The van der Waals surface area contributed by atoms with Crippen molar-refractivity contribution in [1.29, 1.82) is 0 Å². The second kappa shape index (κ2) is 11.1. The maximum atomic E-state index is 14.2. The molecule has 1 fully saturated rings. The summed E-state index contributed by atoms with van der Waals surface area (Å²) in [6.45, 7) is 7.78. The zero-order valence-corrected chi connectivity index (χ0v) is 19.5. The van der Waals surface area contributed by atoms with E-state index in [1.807, 2.05) is 45.0 Å². The molecule has 1 saturated heterocycles. The van der Waals surface area contributed by atoms with Crippen molar-refractivity contribution in [3.8, 4) is 0 Å². The van der Waals surface area contributed by atoms with Crippen molar-refractivity contribution in [2.24, 2.45) is 5.92 Å². The third-order valence-electron chi connectivity index (χ3n) is 6.34. The van der Waals surface area contributed by atoms with Gasteiger partial charge in [-0.3, -0.25) is 14.4 Å². The molecule has 176 valence electrons. The molecule has 1 unspecified atom stereocenters. The monoisotopic (exact) mass is 453 g/mol. The van der Waals surface area contributed by atoms with Crippen LogP contribution in [0, 0.1) is 18.7 Å². The maximum Gasteiger partial charge on any atom is 0.254 e. The van der Waals surface area contributed by atoms with Crippen molar-refractivity contribution in [2.75, 3.05) is 26.2 Å². The van der Waals surface area contributed by atoms with Gasteiger partial charge in [0, 0.05) is 31.7 Å². The van der Waals surface area contributed by atoms with Crippen molar-refractivity contribution in [2.45, 2.75) is 39.7 Å². The number of rotatable bonds is 7. The Morgan fingerprint density at radius 2 is 1.64 bits per heavy atom. The van der Waals surface area contributed by atoms with Gasteiger partial charge in [0.05, 0.1) is 5.56 Å². The van der Waals surface area contributed by atoms with E-state index in [1.54, 1.807) is 15.9 Å². The molecular formula is C26H32FN3O3. The molecule has 0 bridgehead atoms.